The van der Waals surface area contributed by atoms with E-state index in [1.54, 1.807) is 13.3 Å². The lowest BCUT2D eigenvalue weighted by atomic mass is 9.92. The Morgan fingerprint density at radius 2 is 2.50 bits per heavy atom. The topological polar surface area (TPSA) is 51.2 Å². The van der Waals surface area contributed by atoms with Crippen LogP contribution >= 0.6 is 0 Å². The van der Waals surface area contributed by atoms with Gasteiger partial charge in [0, 0.05) is 24.2 Å². The number of hydrogen-bond donors (Lipinski definition) is 1. The van der Waals surface area contributed by atoms with E-state index in [1.807, 2.05) is 12.1 Å². The van der Waals surface area contributed by atoms with E-state index in [9.17, 15) is 4.79 Å². The Labute approximate surface area is 95.0 Å². The van der Waals surface area contributed by atoms with Crippen LogP contribution in [0.2, 0.25) is 0 Å². The van der Waals surface area contributed by atoms with Gasteiger partial charge in [-0.25, -0.2) is 4.98 Å². The van der Waals surface area contributed by atoms with Gasteiger partial charge >= 0.3 is 0 Å². The minimum Gasteiger partial charge on any atom is -0.481 e. The fourth-order valence-electron chi connectivity index (χ4n) is 2.06. The summed E-state index contributed by atoms with van der Waals surface area (Å²) >= 11 is 0. The van der Waals surface area contributed by atoms with Crippen molar-refractivity contribution in [3.63, 3.8) is 0 Å². The van der Waals surface area contributed by atoms with Crippen molar-refractivity contribution < 1.29 is 9.53 Å². The van der Waals surface area contributed by atoms with E-state index < -0.39 is 0 Å². The first-order chi connectivity index (χ1) is 7.81. The highest BCUT2D eigenvalue weighted by molar-refractivity contribution is 5.79. The van der Waals surface area contributed by atoms with Gasteiger partial charge in [-0.05, 0) is 25.3 Å². The van der Waals surface area contributed by atoms with Crippen LogP contribution in [0.3, 0.4) is 0 Å². The van der Waals surface area contributed by atoms with Crippen LogP contribution in [0, 0.1) is 5.92 Å². The molecule has 1 atom stereocenters. The molecule has 1 aromatic heterocycles. The molecule has 0 spiro atoms. The van der Waals surface area contributed by atoms with Crippen molar-refractivity contribution in [3.8, 4) is 5.88 Å². The van der Waals surface area contributed by atoms with E-state index in [2.05, 4.69) is 10.3 Å². The normalized spacial score (nSPS) is 20.3. The summed E-state index contributed by atoms with van der Waals surface area (Å²) in [7, 11) is 1.60. The third-order valence-electron chi connectivity index (χ3n) is 2.91. The first kappa shape index (κ1) is 10.9. The smallest absolute Gasteiger partial charge is 0.223 e. The number of aromatic nitrogens is 1. The number of piperidine rings is 1. The van der Waals surface area contributed by atoms with Crippen molar-refractivity contribution in [1.82, 2.24) is 10.3 Å². The molecule has 86 valence electrons. The zero-order valence-electron chi connectivity index (χ0n) is 9.40. The van der Waals surface area contributed by atoms with Crippen LogP contribution in [0.4, 0.5) is 0 Å². The second kappa shape index (κ2) is 4.96. The summed E-state index contributed by atoms with van der Waals surface area (Å²) in [5, 5.41) is 2.89. The molecule has 2 rings (SSSR count). The highest BCUT2D eigenvalue weighted by Gasteiger charge is 2.23. The Morgan fingerprint density at radius 1 is 1.62 bits per heavy atom. The van der Waals surface area contributed by atoms with Gasteiger partial charge < -0.3 is 10.1 Å². The van der Waals surface area contributed by atoms with E-state index >= 15 is 0 Å². The minimum atomic E-state index is 0.0619. The largest absolute Gasteiger partial charge is 0.481 e. The molecule has 1 N–H and O–H groups in total. The summed E-state index contributed by atoms with van der Waals surface area (Å²) < 4.78 is 5.18. The maximum atomic E-state index is 11.6. The summed E-state index contributed by atoms with van der Waals surface area (Å²) in [6, 6.07) is 3.84. The third-order valence-corrected chi connectivity index (χ3v) is 2.91. The van der Waals surface area contributed by atoms with E-state index in [0.717, 1.165) is 24.9 Å². The molecule has 0 aromatic carbocycles. The molecular formula is C12H16N2O2. The lowest BCUT2D eigenvalue weighted by Crippen LogP contribution is -2.37. The fraction of sp³-hybridized carbons (Fsp3) is 0.500. The molecule has 2 heterocycles. The number of nitrogens with zero attached hydrogens (tertiary/aromatic N) is 1. The zero-order chi connectivity index (χ0) is 11.4. The molecule has 0 saturated carbocycles. The van der Waals surface area contributed by atoms with E-state index in [-0.39, 0.29) is 11.8 Å². The molecule has 1 unspecified atom stereocenters. The van der Waals surface area contributed by atoms with Crippen LogP contribution in [0.15, 0.2) is 18.3 Å². The van der Waals surface area contributed by atoms with Gasteiger partial charge in [0.25, 0.3) is 0 Å². The number of nitrogens with one attached hydrogen (secondary N) is 1. The van der Waals surface area contributed by atoms with Crippen molar-refractivity contribution in [1.29, 1.82) is 0 Å². The van der Waals surface area contributed by atoms with Crippen molar-refractivity contribution in [2.45, 2.75) is 19.3 Å². The number of carbonyl (C=O) groups excluding carboxylic acids is 1. The first-order valence-electron chi connectivity index (χ1n) is 5.57. The van der Waals surface area contributed by atoms with Gasteiger partial charge in [0.15, 0.2) is 0 Å². The molecule has 16 heavy (non-hydrogen) atoms. The molecule has 1 amide bonds. The second-order valence-electron chi connectivity index (χ2n) is 4.01. The Kier molecular flexibility index (Phi) is 3.39. The van der Waals surface area contributed by atoms with E-state index in [1.165, 1.54) is 0 Å². The average Bonchev–Trinajstić information content (AvgIpc) is 2.33. The second-order valence-corrected chi connectivity index (χ2v) is 4.01. The molecule has 0 aliphatic carbocycles. The molecule has 0 bridgehead atoms. The van der Waals surface area contributed by atoms with Gasteiger partial charge in [0.05, 0.1) is 7.11 Å². The Hall–Kier alpha value is -1.58. The summed E-state index contributed by atoms with van der Waals surface area (Å²) in [6.45, 7) is 0.805. The van der Waals surface area contributed by atoms with Gasteiger partial charge in [0.1, 0.15) is 0 Å². The molecule has 1 aliphatic rings. The van der Waals surface area contributed by atoms with Crippen LogP contribution in [-0.4, -0.2) is 24.5 Å². The van der Waals surface area contributed by atoms with Crippen molar-refractivity contribution in [3.05, 3.63) is 23.9 Å². The van der Waals surface area contributed by atoms with Crippen LogP contribution in [0.5, 0.6) is 5.88 Å². The predicted molar refractivity (Wildman–Crippen MR) is 60.2 cm³/mol. The van der Waals surface area contributed by atoms with Crippen LogP contribution in [0.25, 0.3) is 0 Å². The lowest BCUT2D eigenvalue weighted by Gasteiger charge is -2.22. The fourth-order valence-corrected chi connectivity index (χ4v) is 2.06. The van der Waals surface area contributed by atoms with Crippen LogP contribution in [0.1, 0.15) is 18.4 Å². The van der Waals surface area contributed by atoms with Crippen molar-refractivity contribution >= 4 is 5.91 Å². The van der Waals surface area contributed by atoms with Crippen LogP contribution < -0.4 is 10.1 Å². The molecule has 1 aromatic rings. The summed E-state index contributed by atoms with van der Waals surface area (Å²) in [4.78, 5) is 15.8. The van der Waals surface area contributed by atoms with Gasteiger partial charge in [-0.1, -0.05) is 6.07 Å². The molecule has 0 radical (unpaired) electrons. The number of rotatable bonds is 3. The van der Waals surface area contributed by atoms with Gasteiger partial charge in [-0.15, -0.1) is 0 Å². The maximum absolute atomic E-state index is 11.6. The van der Waals surface area contributed by atoms with Crippen molar-refractivity contribution in [2.24, 2.45) is 5.92 Å². The molecule has 4 nitrogen and oxygen atoms in total. The standard InChI is InChI=1S/C12H16N2O2/c1-16-12-10(5-3-7-14-12)8-9-4-2-6-13-11(9)15/h3,5,7,9H,2,4,6,8H2,1H3,(H,13,15). The number of methoxy groups -OCH3 is 1. The monoisotopic (exact) mass is 220 g/mol. The van der Waals surface area contributed by atoms with Gasteiger partial charge in [-0.2, -0.15) is 0 Å². The third kappa shape index (κ3) is 2.32. The molecule has 4 heteroatoms. The average molecular weight is 220 g/mol. The van der Waals surface area contributed by atoms with E-state index in [0.29, 0.717) is 12.3 Å². The summed E-state index contributed by atoms with van der Waals surface area (Å²) in [5.41, 5.74) is 1.01. The number of hydrogen-bond acceptors (Lipinski definition) is 3. The first-order valence-corrected chi connectivity index (χ1v) is 5.57. The van der Waals surface area contributed by atoms with Crippen molar-refractivity contribution in [2.75, 3.05) is 13.7 Å². The van der Waals surface area contributed by atoms with Gasteiger partial charge in [-0.3, -0.25) is 4.79 Å². The van der Waals surface area contributed by atoms with Gasteiger partial charge in [0.2, 0.25) is 11.8 Å². The molecular weight excluding hydrogens is 204 g/mol. The highest BCUT2D eigenvalue weighted by atomic mass is 16.5. The molecule has 1 fully saturated rings. The summed E-state index contributed by atoms with van der Waals surface area (Å²) in [6.07, 6.45) is 4.41. The predicted octanol–water partition coefficient (Wildman–Crippen LogP) is 1.16. The molecule has 1 saturated heterocycles. The Bertz CT molecular complexity index is 379. The SMILES string of the molecule is COc1ncccc1CC1CCCNC1=O. The number of carbonyl (C=O) groups is 1. The number of amides is 1. The highest BCUT2D eigenvalue weighted by Crippen LogP contribution is 2.22. The lowest BCUT2D eigenvalue weighted by molar-refractivity contribution is -0.126. The zero-order valence-corrected chi connectivity index (χ0v) is 9.40. The number of pyridine rings is 1. The quantitative estimate of drug-likeness (QED) is 0.831. The number of ether oxygens (including phenoxy) is 1. The van der Waals surface area contributed by atoms with Crippen LogP contribution in [-0.2, 0) is 11.2 Å². The Morgan fingerprint density at radius 3 is 3.25 bits per heavy atom. The summed E-state index contributed by atoms with van der Waals surface area (Å²) in [5.74, 6) is 0.838. The molecule has 1 aliphatic heterocycles. The maximum Gasteiger partial charge on any atom is 0.223 e. The van der Waals surface area contributed by atoms with E-state index in [4.69, 9.17) is 4.74 Å². The Balaban J connectivity index is 2.10. The minimum absolute atomic E-state index is 0.0619.